The minimum Gasteiger partial charge on any atom is -0.292 e. The average molecular weight is 282 g/mol. The van der Waals surface area contributed by atoms with Gasteiger partial charge < -0.3 is 0 Å². The van der Waals surface area contributed by atoms with Crippen molar-refractivity contribution in [2.45, 2.75) is 6.92 Å². The number of aromatic nitrogens is 2. The van der Waals surface area contributed by atoms with Gasteiger partial charge in [0.05, 0.1) is 16.6 Å². The van der Waals surface area contributed by atoms with Gasteiger partial charge in [0.15, 0.2) is 0 Å². The maximum absolute atomic E-state index is 4.90. The summed E-state index contributed by atoms with van der Waals surface area (Å²) in [7, 11) is 0. The third-order valence-corrected chi connectivity index (χ3v) is 4.41. The molecule has 0 aliphatic heterocycles. The van der Waals surface area contributed by atoms with Crippen LogP contribution in [0, 0.1) is 6.92 Å². The molecule has 5 aromatic rings. The first-order valence-electron chi connectivity index (χ1n) is 7.51. The van der Waals surface area contributed by atoms with Gasteiger partial charge in [-0.15, -0.1) is 0 Å². The van der Waals surface area contributed by atoms with Crippen molar-refractivity contribution >= 4 is 38.4 Å². The van der Waals surface area contributed by atoms with Crippen molar-refractivity contribution in [1.29, 1.82) is 0 Å². The van der Waals surface area contributed by atoms with Crippen LogP contribution < -0.4 is 0 Å². The lowest BCUT2D eigenvalue weighted by Crippen LogP contribution is -1.91. The Morgan fingerprint density at radius 3 is 2.32 bits per heavy atom. The molecular formula is C20H14N2. The number of para-hydroxylation sites is 1. The van der Waals surface area contributed by atoms with Crippen molar-refractivity contribution < 1.29 is 0 Å². The Balaban J connectivity index is 2.22. The average Bonchev–Trinajstić information content (AvgIpc) is 2.94. The van der Waals surface area contributed by atoms with Gasteiger partial charge in [-0.3, -0.25) is 4.40 Å². The van der Waals surface area contributed by atoms with Gasteiger partial charge in [0.2, 0.25) is 0 Å². The van der Waals surface area contributed by atoms with Crippen molar-refractivity contribution in [1.82, 2.24) is 9.38 Å². The van der Waals surface area contributed by atoms with Crippen LogP contribution in [0.4, 0.5) is 0 Å². The van der Waals surface area contributed by atoms with E-state index < -0.39 is 0 Å². The molecule has 0 amide bonds. The summed E-state index contributed by atoms with van der Waals surface area (Å²) >= 11 is 0. The summed E-state index contributed by atoms with van der Waals surface area (Å²) in [4.78, 5) is 4.90. The van der Waals surface area contributed by atoms with Crippen LogP contribution >= 0.6 is 0 Å². The quantitative estimate of drug-likeness (QED) is 0.361. The second kappa shape index (κ2) is 4.08. The van der Waals surface area contributed by atoms with E-state index >= 15 is 0 Å². The smallest absolute Gasteiger partial charge is 0.146 e. The third-order valence-electron chi connectivity index (χ3n) is 4.41. The van der Waals surface area contributed by atoms with E-state index in [0.717, 1.165) is 11.2 Å². The molecule has 0 radical (unpaired) electrons. The van der Waals surface area contributed by atoms with E-state index in [1.54, 1.807) is 0 Å². The Kier molecular flexibility index (Phi) is 2.18. The highest BCUT2D eigenvalue weighted by atomic mass is 15.0. The highest BCUT2D eigenvalue weighted by molar-refractivity contribution is 6.13. The summed E-state index contributed by atoms with van der Waals surface area (Å²) in [5, 5.41) is 3.74. The lowest BCUT2D eigenvalue weighted by atomic mass is 10.1. The van der Waals surface area contributed by atoms with Crippen LogP contribution in [0.25, 0.3) is 38.4 Å². The molecular weight excluding hydrogens is 268 g/mol. The molecule has 0 saturated carbocycles. The van der Waals surface area contributed by atoms with Crippen LogP contribution in [0.5, 0.6) is 0 Å². The zero-order valence-corrected chi connectivity index (χ0v) is 12.2. The molecule has 0 bridgehead atoms. The Bertz CT molecular complexity index is 1180. The van der Waals surface area contributed by atoms with Crippen molar-refractivity contribution in [3.63, 3.8) is 0 Å². The molecule has 2 heteroatoms. The monoisotopic (exact) mass is 282 g/mol. The zero-order chi connectivity index (χ0) is 14.7. The van der Waals surface area contributed by atoms with Crippen LogP contribution in [-0.4, -0.2) is 9.38 Å². The fourth-order valence-electron chi connectivity index (χ4n) is 3.42. The fourth-order valence-corrected chi connectivity index (χ4v) is 3.42. The molecule has 0 aliphatic carbocycles. The van der Waals surface area contributed by atoms with Crippen LogP contribution in [0.2, 0.25) is 0 Å². The third kappa shape index (κ3) is 1.41. The number of imidazole rings is 1. The first-order chi connectivity index (χ1) is 10.8. The second-order valence-electron chi connectivity index (χ2n) is 5.83. The number of hydrogen-bond acceptors (Lipinski definition) is 1. The number of pyridine rings is 1. The van der Waals surface area contributed by atoms with Crippen LogP contribution in [0.1, 0.15) is 5.56 Å². The van der Waals surface area contributed by atoms with E-state index in [1.807, 2.05) is 0 Å². The standard InChI is InChI=1S/C20H14N2/c1-13-10-11-17-19(12-13)22-18-9-5-4-7-15(18)14-6-2-3-8-16(14)20(22)21-17/h2-12H,1H3. The van der Waals surface area contributed by atoms with Gasteiger partial charge in [0.1, 0.15) is 5.65 Å². The Labute approximate surface area is 127 Å². The summed E-state index contributed by atoms with van der Waals surface area (Å²) in [6.07, 6.45) is 0. The van der Waals surface area contributed by atoms with Crippen LogP contribution in [-0.2, 0) is 0 Å². The molecule has 2 aromatic heterocycles. The molecule has 0 saturated heterocycles. The van der Waals surface area contributed by atoms with Gasteiger partial charge in [-0.1, -0.05) is 48.5 Å². The Morgan fingerprint density at radius 2 is 1.45 bits per heavy atom. The summed E-state index contributed by atoms with van der Waals surface area (Å²) in [6, 6.07) is 23.6. The molecule has 104 valence electrons. The minimum absolute atomic E-state index is 1.04. The highest BCUT2D eigenvalue weighted by Gasteiger charge is 2.12. The fraction of sp³-hybridized carbons (Fsp3) is 0.0500. The Hall–Kier alpha value is -2.87. The second-order valence-corrected chi connectivity index (χ2v) is 5.83. The molecule has 0 fully saturated rings. The van der Waals surface area contributed by atoms with Crippen LogP contribution in [0.3, 0.4) is 0 Å². The SMILES string of the molecule is Cc1ccc2nc3c4ccccc4c4ccccc4n3c2c1. The topological polar surface area (TPSA) is 17.3 Å². The van der Waals surface area contributed by atoms with Crippen molar-refractivity contribution in [3.8, 4) is 0 Å². The van der Waals surface area contributed by atoms with Gasteiger partial charge in [-0.25, -0.2) is 4.98 Å². The van der Waals surface area contributed by atoms with Gasteiger partial charge in [0.25, 0.3) is 0 Å². The predicted octanol–water partition coefficient (Wildman–Crippen LogP) is 5.10. The normalized spacial score (nSPS) is 11.9. The number of aryl methyl sites for hydroxylation is 1. The molecule has 0 spiro atoms. The lowest BCUT2D eigenvalue weighted by molar-refractivity contribution is 1.31. The molecule has 0 atom stereocenters. The van der Waals surface area contributed by atoms with Crippen molar-refractivity contribution in [2.24, 2.45) is 0 Å². The summed E-state index contributed by atoms with van der Waals surface area (Å²) in [6.45, 7) is 2.13. The molecule has 0 N–H and O–H groups in total. The maximum atomic E-state index is 4.90. The van der Waals surface area contributed by atoms with E-state index in [-0.39, 0.29) is 0 Å². The first-order valence-corrected chi connectivity index (χ1v) is 7.51. The first kappa shape index (κ1) is 11.8. The van der Waals surface area contributed by atoms with Crippen molar-refractivity contribution in [3.05, 3.63) is 72.3 Å². The van der Waals surface area contributed by atoms with E-state index in [9.17, 15) is 0 Å². The maximum Gasteiger partial charge on any atom is 0.146 e. The van der Waals surface area contributed by atoms with Gasteiger partial charge >= 0.3 is 0 Å². The van der Waals surface area contributed by atoms with Crippen LogP contribution in [0.15, 0.2) is 66.7 Å². The molecule has 2 heterocycles. The van der Waals surface area contributed by atoms with E-state index in [2.05, 4.69) is 78.1 Å². The van der Waals surface area contributed by atoms with Gasteiger partial charge in [-0.05, 0) is 36.1 Å². The number of hydrogen-bond donors (Lipinski definition) is 0. The van der Waals surface area contributed by atoms with Crippen molar-refractivity contribution in [2.75, 3.05) is 0 Å². The van der Waals surface area contributed by atoms with Gasteiger partial charge in [-0.2, -0.15) is 0 Å². The molecule has 22 heavy (non-hydrogen) atoms. The van der Waals surface area contributed by atoms with E-state index in [1.165, 1.54) is 32.8 Å². The summed E-state index contributed by atoms with van der Waals surface area (Å²) < 4.78 is 2.29. The molecule has 0 aliphatic rings. The molecule has 5 rings (SSSR count). The molecule has 2 nitrogen and oxygen atoms in total. The summed E-state index contributed by atoms with van der Waals surface area (Å²) in [5.41, 5.74) is 5.73. The van der Waals surface area contributed by atoms with E-state index in [4.69, 9.17) is 4.98 Å². The highest BCUT2D eigenvalue weighted by Crippen LogP contribution is 2.32. The van der Waals surface area contributed by atoms with Gasteiger partial charge in [0, 0.05) is 10.8 Å². The van der Waals surface area contributed by atoms with E-state index in [0.29, 0.717) is 0 Å². The minimum atomic E-state index is 1.04. The summed E-state index contributed by atoms with van der Waals surface area (Å²) in [5.74, 6) is 0. The molecule has 3 aromatic carbocycles. The number of benzene rings is 3. The lowest BCUT2D eigenvalue weighted by Gasteiger charge is -2.08. The largest absolute Gasteiger partial charge is 0.292 e. The number of fused-ring (bicyclic) bond motifs is 8. The number of nitrogens with zero attached hydrogens (tertiary/aromatic N) is 2. The predicted molar refractivity (Wildman–Crippen MR) is 92.4 cm³/mol. The molecule has 0 unspecified atom stereocenters. The zero-order valence-electron chi connectivity index (χ0n) is 12.2. The number of rotatable bonds is 0. The Morgan fingerprint density at radius 1 is 0.727 bits per heavy atom.